The highest BCUT2D eigenvalue weighted by molar-refractivity contribution is 6.11. The molecule has 0 radical (unpaired) electrons. The molecule has 1 aliphatic carbocycles. The van der Waals surface area contributed by atoms with Gasteiger partial charge in [0.25, 0.3) is 0 Å². The molecule has 0 unspecified atom stereocenters. The molecule has 0 saturated heterocycles. The van der Waals surface area contributed by atoms with Gasteiger partial charge in [-0.25, -0.2) is 0 Å². The molecule has 0 heterocycles. The highest BCUT2D eigenvalue weighted by atomic mass is 16.5. The second-order valence-corrected chi connectivity index (χ2v) is 4.38. The first kappa shape index (κ1) is 12.5. The fourth-order valence-electron chi connectivity index (χ4n) is 2.21. The lowest BCUT2D eigenvalue weighted by Gasteiger charge is -2.30. The maximum Gasteiger partial charge on any atom is 0.309 e. The van der Waals surface area contributed by atoms with Gasteiger partial charge in [-0.3, -0.25) is 9.59 Å². The van der Waals surface area contributed by atoms with Crippen molar-refractivity contribution in [1.29, 1.82) is 0 Å². The van der Waals surface area contributed by atoms with Gasteiger partial charge in [0, 0.05) is 5.56 Å². The van der Waals surface area contributed by atoms with E-state index in [1.807, 2.05) is 0 Å². The Balaban J connectivity index is 2.54. The Hall–Kier alpha value is -1.94. The van der Waals surface area contributed by atoms with Crippen LogP contribution in [-0.4, -0.2) is 24.0 Å². The molecule has 0 aromatic heterocycles. The van der Waals surface area contributed by atoms with Crippen LogP contribution >= 0.6 is 0 Å². The number of fused-ring (bicyclic) bond motifs is 1. The average Bonchev–Trinajstić information content (AvgIpc) is 2.36. The molecule has 94 valence electrons. The van der Waals surface area contributed by atoms with E-state index in [9.17, 15) is 14.7 Å². The monoisotopic (exact) mass is 246 g/mol. The zero-order valence-corrected chi connectivity index (χ0v) is 10.3. The second kappa shape index (κ2) is 4.38. The van der Waals surface area contributed by atoms with Crippen molar-refractivity contribution in [3.63, 3.8) is 0 Å². The van der Waals surface area contributed by atoms with Crippen LogP contribution in [0.5, 0.6) is 0 Å². The lowest BCUT2D eigenvalue weighted by atomic mass is 9.78. The topological polar surface area (TPSA) is 63.6 Å². The molecule has 0 spiro atoms. The third-order valence-corrected chi connectivity index (χ3v) is 3.09. The lowest BCUT2D eigenvalue weighted by Crippen LogP contribution is -2.33. The summed E-state index contributed by atoms with van der Waals surface area (Å²) in [4.78, 5) is 23.4. The van der Waals surface area contributed by atoms with Gasteiger partial charge in [-0.05, 0) is 24.1 Å². The zero-order chi connectivity index (χ0) is 13.3. The summed E-state index contributed by atoms with van der Waals surface area (Å²) in [6, 6.07) is 6.76. The number of ketones is 1. The number of hydrogen-bond acceptors (Lipinski definition) is 4. The number of rotatable bonds is 2. The largest absolute Gasteiger partial charge is 0.469 e. The molecule has 0 bridgehead atoms. The van der Waals surface area contributed by atoms with Crippen molar-refractivity contribution < 1.29 is 19.4 Å². The molecule has 4 heteroatoms. The summed E-state index contributed by atoms with van der Waals surface area (Å²) in [7, 11) is 1.27. The van der Waals surface area contributed by atoms with Crippen LogP contribution in [0.15, 0.2) is 35.9 Å². The minimum atomic E-state index is -1.47. The molecular weight excluding hydrogens is 232 g/mol. The highest BCUT2D eigenvalue weighted by Gasteiger charge is 2.37. The fraction of sp³-hybridized carbons (Fsp3) is 0.286. The van der Waals surface area contributed by atoms with E-state index >= 15 is 0 Å². The van der Waals surface area contributed by atoms with Crippen molar-refractivity contribution in [3.8, 4) is 0 Å². The minimum Gasteiger partial charge on any atom is -0.469 e. The molecule has 0 saturated carbocycles. The van der Waals surface area contributed by atoms with Crippen LogP contribution in [-0.2, 0) is 15.1 Å². The number of aliphatic hydroxyl groups is 1. The van der Waals surface area contributed by atoms with Crippen LogP contribution in [0.1, 0.15) is 29.3 Å². The Bertz CT molecular complexity index is 544. The number of ether oxygens (including phenoxy) is 1. The third kappa shape index (κ3) is 1.95. The highest BCUT2D eigenvalue weighted by Crippen LogP contribution is 2.36. The van der Waals surface area contributed by atoms with Crippen LogP contribution in [0.25, 0.3) is 0 Å². The van der Waals surface area contributed by atoms with Crippen LogP contribution in [0.4, 0.5) is 0 Å². The van der Waals surface area contributed by atoms with E-state index in [-0.39, 0.29) is 12.2 Å². The molecule has 4 nitrogen and oxygen atoms in total. The van der Waals surface area contributed by atoms with Gasteiger partial charge in [-0.1, -0.05) is 24.3 Å². The maximum absolute atomic E-state index is 12.0. The molecule has 0 amide bonds. The maximum atomic E-state index is 12.0. The predicted molar refractivity (Wildman–Crippen MR) is 65.1 cm³/mol. The Labute approximate surface area is 105 Å². The quantitative estimate of drug-likeness (QED) is 0.805. The normalized spacial score (nSPS) is 22.2. The summed E-state index contributed by atoms with van der Waals surface area (Å²) in [5, 5.41) is 10.6. The third-order valence-electron chi connectivity index (χ3n) is 3.09. The number of hydrogen-bond donors (Lipinski definition) is 1. The predicted octanol–water partition coefficient (Wildman–Crippen LogP) is 1.58. The van der Waals surface area contributed by atoms with E-state index in [1.165, 1.54) is 13.2 Å². The van der Waals surface area contributed by atoms with Gasteiger partial charge in [0.05, 0.1) is 13.5 Å². The first-order chi connectivity index (χ1) is 8.48. The van der Waals surface area contributed by atoms with Crippen LogP contribution in [0, 0.1) is 0 Å². The standard InChI is InChI=1S/C14H14O4/c1-9-7-14(17,8-12(15)18-2)11-6-4-3-5-10(11)13(9)16/h3-7,17H,8H2,1-2H3/t14-/m1/s1. The molecule has 1 aromatic rings. The number of carbonyl (C=O) groups excluding carboxylic acids is 2. The van der Waals surface area contributed by atoms with Gasteiger partial charge in [0.2, 0.25) is 0 Å². The minimum absolute atomic E-state index is 0.125. The van der Waals surface area contributed by atoms with Crippen LogP contribution in [0.3, 0.4) is 0 Å². The van der Waals surface area contributed by atoms with E-state index in [0.717, 1.165) is 0 Å². The first-order valence-electron chi connectivity index (χ1n) is 5.61. The SMILES string of the molecule is COC(=O)C[C@]1(O)C=C(C)C(=O)c2ccccc21. The molecule has 2 rings (SSSR count). The number of Topliss-reactive ketones (excluding diaryl/α,β-unsaturated/α-hetero) is 1. The van der Waals surface area contributed by atoms with E-state index < -0.39 is 11.6 Å². The molecule has 1 atom stereocenters. The molecule has 1 N–H and O–H groups in total. The first-order valence-corrected chi connectivity index (χ1v) is 5.61. The smallest absolute Gasteiger partial charge is 0.309 e. The average molecular weight is 246 g/mol. The summed E-state index contributed by atoms with van der Waals surface area (Å²) >= 11 is 0. The van der Waals surface area contributed by atoms with Crippen LogP contribution < -0.4 is 0 Å². The fourth-order valence-corrected chi connectivity index (χ4v) is 2.21. The van der Waals surface area contributed by atoms with Crippen LogP contribution in [0.2, 0.25) is 0 Å². The molecule has 1 aromatic carbocycles. The van der Waals surface area contributed by atoms with Crippen molar-refractivity contribution in [2.24, 2.45) is 0 Å². The van der Waals surface area contributed by atoms with E-state index in [2.05, 4.69) is 4.74 Å². The Morgan fingerprint density at radius 2 is 2.06 bits per heavy atom. The van der Waals surface area contributed by atoms with E-state index in [4.69, 9.17) is 0 Å². The molecular formula is C14H14O4. The summed E-state index contributed by atoms with van der Waals surface area (Å²) in [5.41, 5.74) is -0.156. The lowest BCUT2D eigenvalue weighted by molar-refractivity contribution is -0.145. The Kier molecular flexibility index (Phi) is 3.05. The van der Waals surface area contributed by atoms with E-state index in [0.29, 0.717) is 16.7 Å². The van der Waals surface area contributed by atoms with E-state index in [1.54, 1.807) is 31.2 Å². The number of allylic oxidation sites excluding steroid dienone is 1. The zero-order valence-electron chi connectivity index (χ0n) is 10.3. The van der Waals surface area contributed by atoms with Gasteiger partial charge < -0.3 is 9.84 Å². The Morgan fingerprint density at radius 1 is 1.39 bits per heavy atom. The Morgan fingerprint density at radius 3 is 2.72 bits per heavy atom. The molecule has 1 aliphatic rings. The van der Waals surface area contributed by atoms with Gasteiger partial charge in [0.15, 0.2) is 5.78 Å². The van der Waals surface area contributed by atoms with Crippen molar-refractivity contribution >= 4 is 11.8 Å². The summed E-state index contributed by atoms with van der Waals surface area (Å²) < 4.78 is 4.58. The number of benzene rings is 1. The number of carbonyl (C=O) groups is 2. The summed E-state index contributed by atoms with van der Waals surface area (Å²) in [6.07, 6.45) is 1.22. The van der Waals surface area contributed by atoms with Gasteiger partial charge in [-0.15, -0.1) is 0 Å². The second-order valence-electron chi connectivity index (χ2n) is 4.38. The summed E-state index contributed by atoms with van der Waals surface area (Å²) in [6.45, 7) is 1.63. The van der Waals surface area contributed by atoms with Gasteiger partial charge in [0.1, 0.15) is 5.60 Å². The molecule has 0 aliphatic heterocycles. The van der Waals surface area contributed by atoms with Crippen molar-refractivity contribution in [2.45, 2.75) is 18.9 Å². The molecule has 0 fully saturated rings. The van der Waals surface area contributed by atoms with Crippen molar-refractivity contribution in [1.82, 2.24) is 0 Å². The van der Waals surface area contributed by atoms with Gasteiger partial charge in [-0.2, -0.15) is 0 Å². The van der Waals surface area contributed by atoms with Crippen molar-refractivity contribution in [3.05, 3.63) is 47.0 Å². The van der Waals surface area contributed by atoms with Crippen molar-refractivity contribution in [2.75, 3.05) is 7.11 Å². The summed E-state index contributed by atoms with van der Waals surface area (Å²) in [5.74, 6) is -0.647. The number of esters is 1. The number of methoxy groups -OCH3 is 1. The van der Waals surface area contributed by atoms with Gasteiger partial charge >= 0.3 is 5.97 Å². The molecule has 18 heavy (non-hydrogen) atoms.